The van der Waals surface area contributed by atoms with Gasteiger partial charge in [-0.05, 0) is 36.4 Å². The molecule has 4 aromatic rings. The van der Waals surface area contributed by atoms with E-state index >= 15 is 0 Å². The van der Waals surface area contributed by atoms with Crippen LogP contribution in [0.5, 0.6) is 11.5 Å². The number of hydrogen-bond acceptors (Lipinski definition) is 7. The highest BCUT2D eigenvalue weighted by Crippen LogP contribution is 2.34. The van der Waals surface area contributed by atoms with Gasteiger partial charge in [0, 0.05) is 11.8 Å². The Kier molecular flexibility index (Phi) is 5.24. The molecule has 0 spiro atoms. The lowest BCUT2D eigenvalue weighted by molar-refractivity contribution is -0.113. The Hall–Kier alpha value is -3.50. The molecular weight excluding hydrogens is 450 g/mol. The van der Waals surface area contributed by atoms with Gasteiger partial charge in [0.15, 0.2) is 16.7 Å². The van der Waals surface area contributed by atoms with Crippen molar-refractivity contribution in [1.29, 1.82) is 0 Å². The number of anilines is 1. The third-order valence-electron chi connectivity index (χ3n) is 4.76. The molecule has 0 aliphatic carbocycles. The number of carbonyl (C=O) groups excluding carboxylic acids is 1. The zero-order chi connectivity index (χ0) is 22.1. The molecule has 1 aromatic heterocycles. The summed E-state index contributed by atoms with van der Waals surface area (Å²) in [6, 6.07) is 20.2. The predicted molar refractivity (Wildman–Crippen MR) is 121 cm³/mol. The highest BCUT2D eigenvalue weighted by Gasteiger charge is 2.25. The fraction of sp³-hybridized carbons (Fsp3) is 0.0909. The summed E-state index contributed by atoms with van der Waals surface area (Å²) in [5.41, 5.74) is 1.55. The molecule has 1 aliphatic rings. The summed E-state index contributed by atoms with van der Waals surface area (Å²) in [7, 11) is -3.90. The third-order valence-corrected chi connectivity index (χ3v) is 7.53. The number of benzene rings is 3. The van der Waals surface area contributed by atoms with Gasteiger partial charge in [-0.15, -0.1) is 0 Å². The summed E-state index contributed by atoms with van der Waals surface area (Å²) in [4.78, 5) is 17.2. The van der Waals surface area contributed by atoms with Gasteiger partial charge < -0.3 is 14.8 Å². The van der Waals surface area contributed by atoms with Crippen molar-refractivity contribution < 1.29 is 22.7 Å². The van der Waals surface area contributed by atoms with Crippen molar-refractivity contribution in [2.24, 2.45) is 0 Å². The Morgan fingerprint density at radius 2 is 1.75 bits per heavy atom. The van der Waals surface area contributed by atoms with Crippen LogP contribution < -0.4 is 14.8 Å². The van der Waals surface area contributed by atoms with E-state index in [2.05, 4.69) is 10.3 Å². The maximum Gasteiger partial charge on any atom is 0.270 e. The van der Waals surface area contributed by atoms with Crippen LogP contribution in [0.15, 0.2) is 82.8 Å². The molecule has 10 heteroatoms. The van der Waals surface area contributed by atoms with Crippen LogP contribution in [-0.2, 0) is 14.8 Å². The summed E-state index contributed by atoms with van der Waals surface area (Å²) < 4.78 is 38.5. The summed E-state index contributed by atoms with van der Waals surface area (Å²) in [6.45, 7) is 0.148. The lowest BCUT2D eigenvalue weighted by Gasteiger charge is -2.10. The third kappa shape index (κ3) is 3.78. The molecule has 0 bridgehead atoms. The van der Waals surface area contributed by atoms with Crippen LogP contribution in [0.3, 0.4) is 0 Å². The van der Waals surface area contributed by atoms with E-state index in [9.17, 15) is 13.2 Å². The average Bonchev–Trinajstić information content (AvgIpc) is 3.42. The Labute approximate surface area is 188 Å². The highest BCUT2D eigenvalue weighted by atomic mass is 32.2. The number of para-hydroxylation sites is 2. The molecule has 162 valence electrons. The lowest BCUT2D eigenvalue weighted by Crippen LogP contribution is -2.17. The maximum absolute atomic E-state index is 13.4. The summed E-state index contributed by atoms with van der Waals surface area (Å²) >= 11 is 1.05. The predicted octanol–water partition coefficient (Wildman–Crippen LogP) is 3.73. The van der Waals surface area contributed by atoms with E-state index in [0.717, 1.165) is 11.8 Å². The van der Waals surface area contributed by atoms with Crippen LogP contribution in [-0.4, -0.2) is 35.8 Å². The number of ether oxygens (including phenoxy) is 2. The standard InChI is InChI=1S/C22H17N3O5S2/c26-21(23-15-10-11-19-20(12-15)30-14-29-19)13-31-22-24-17-8-4-5-9-18(17)25(22)32(27,28)16-6-2-1-3-7-16/h1-12H,13-14H2,(H,23,26). The van der Waals surface area contributed by atoms with Crippen molar-refractivity contribution in [3.05, 3.63) is 72.8 Å². The molecule has 0 saturated heterocycles. The molecule has 0 atom stereocenters. The number of amides is 1. The molecule has 0 radical (unpaired) electrons. The molecule has 1 N–H and O–H groups in total. The molecule has 0 fully saturated rings. The van der Waals surface area contributed by atoms with Crippen molar-refractivity contribution in [3.63, 3.8) is 0 Å². The van der Waals surface area contributed by atoms with E-state index in [-0.39, 0.29) is 28.5 Å². The molecule has 5 rings (SSSR count). The van der Waals surface area contributed by atoms with Gasteiger partial charge in [-0.3, -0.25) is 4.79 Å². The first-order valence-electron chi connectivity index (χ1n) is 9.63. The van der Waals surface area contributed by atoms with Gasteiger partial charge in [0.05, 0.1) is 21.7 Å². The van der Waals surface area contributed by atoms with Crippen LogP contribution in [0.2, 0.25) is 0 Å². The average molecular weight is 468 g/mol. The minimum atomic E-state index is -3.90. The Bertz CT molecular complexity index is 1420. The van der Waals surface area contributed by atoms with Gasteiger partial charge in [-0.2, -0.15) is 0 Å². The van der Waals surface area contributed by atoms with Gasteiger partial charge in [0.1, 0.15) is 0 Å². The van der Waals surface area contributed by atoms with Crippen molar-refractivity contribution in [2.45, 2.75) is 10.1 Å². The summed E-state index contributed by atoms with van der Waals surface area (Å²) in [5, 5.41) is 3.00. The van der Waals surface area contributed by atoms with Gasteiger partial charge in [-0.1, -0.05) is 42.1 Å². The number of nitrogens with zero attached hydrogens (tertiary/aromatic N) is 2. The first-order chi connectivity index (χ1) is 15.5. The van der Waals surface area contributed by atoms with Gasteiger partial charge in [0.25, 0.3) is 10.0 Å². The number of rotatable bonds is 6. The number of aromatic nitrogens is 2. The zero-order valence-electron chi connectivity index (χ0n) is 16.6. The normalized spacial score (nSPS) is 12.8. The van der Waals surface area contributed by atoms with E-state index in [1.54, 1.807) is 60.7 Å². The Balaban J connectivity index is 1.41. The number of nitrogens with one attached hydrogen (secondary N) is 1. The van der Waals surface area contributed by atoms with Gasteiger partial charge >= 0.3 is 0 Å². The minimum Gasteiger partial charge on any atom is -0.454 e. The second-order valence-electron chi connectivity index (χ2n) is 6.87. The molecule has 2 heterocycles. The van der Waals surface area contributed by atoms with E-state index < -0.39 is 10.0 Å². The highest BCUT2D eigenvalue weighted by molar-refractivity contribution is 8.00. The topological polar surface area (TPSA) is 99.5 Å². The largest absolute Gasteiger partial charge is 0.454 e. The van der Waals surface area contributed by atoms with Gasteiger partial charge in [-0.25, -0.2) is 17.4 Å². The molecule has 32 heavy (non-hydrogen) atoms. The molecule has 1 aliphatic heterocycles. The van der Waals surface area contributed by atoms with Crippen LogP contribution in [0.4, 0.5) is 5.69 Å². The smallest absolute Gasteiger partial charge is 0.270 e. The number of carbonyl (C=O) groups is 1. The monoisotopic (exact) mass is 467 g/mol. The molecular formula is C22H17N3O5S2. The number of hydrogen-bond donors (Lipinski definition) is 1. The Morgan fingerprint density at radius 1 is 1.00 bits per heavy atom. The fourth-order valence-electron chi connectivity index (χ4n) is 3.30. The van der Waals surface area contributed by atoms with E-state index in [4.69, 9.17) is 9.47 Å². The first-order valence-corrected chi connectivity index (χ1v) is 12.1. The lowest BCUT2D eigenvalue weighted by atomic mass is 10.3. The van der Waals surface area contributed by atoms with E-state index in [0.29, 0.717) is 28.2 Å². The van der Waals surface area contributed by atoms with Crippen LogP contribution in [0.25, 0.3) is 11.0 Å². The van der Waals surface area contributed by atoms with Crippen LogP contribution in [0.1, 0.15) is 0 Å². The first kappa shape index (κ1) is 20.4. The zero-order valence-corrected chi connectivity index (χ0v) is 18.2. The second kappa shape index (κ2) is 8.21. The fourth-order valence-corrected chi connectivity index (χ4v) is 5.84. The molecule has 8 nitrogen and oxygen atoms in total. The maximum atomic E-state index is 13.4. The SMILES string of the molecule is O=C(CSc1nc2ccccc2n1S(=O)(=O)c1ccccc1)Nc1ccc2c(c1)OCO2. The summed E-state index contributed by atoms with van der Waals surface area (Å²) in [6.07, 6.45) is 0. The van der Waals surface area contributed by atoms with Crippen molar-refractivity contribution in [3.8, 4) is 11.5 Å². The van der Waals surface area contributed by atoms with E-state index in [1.165, 1.54) is 16.1 Å². The Morgan fingerprint density at radius 3 is 2.59 bits per heavy atom. The number of imidazole rings is 1. The van der Waals surface area contributed by atoms with Crippen molar-refractivity contribution in [1.82, 2.24) is 8.96 Å². The molecule has 0 unspecified atom stereocenters. The van der Waals surface area contributed by atoms with Crippen molar-refractivity contribution >= 4 is 44.4 Å². The van der Waals surface area contributed by atoms with E-state index in [1.807, 2.05) is 0 Å². The molecule has 0 saturated carbocycles. The van der Waals surface area contributed by atoms with Gasteiger partial charge in [0.2, 0.25) is 12.7 Å². The molecule has 1 amide bonds. The summed E-state index contributed by atoms with van der Waals surface area (Å²) in [5.74, 6) is 0.857. The second-order valence-corrected chi connectivity index (χ2v) is 9.60. The van der Waals surface area contributed by atoms with Crippen molar-refractivity contribution in [2.75, 3.05) is 17.9 Å². The number of fused-ring (bicyclic) bond motifs is 2. The quantitative estimate of drug-likeness (QED) is 0.431. The van der Waals surface area contributed by atoms with Crippen LogP contribution >= 0.6 is 11.8 Å². The molecule has 3 aromatic carbocycles. The number of thioether (sulfide) groups is 1. The minimum absolute atomic E-state index is 0.0257. The van der Waals surface area contributed by atoms with Crippen LogP contribution in [0, 0.1) is 0 Å².